The minimum atomic E-state index is -0.267. The van der Waals surface area contributed by atoms with E-state index in [1.54, 1.807) is 37.2 Å². The van der Waals surface area contributed by atoms with Gasteiger partial charge in [-0.25, -0.2) is 4.98 Å². The zero-order chi connectivity index (χ0) is 16.2. The number of imidazole rings is 1. The molecule has 0 saturated carbocycles. The van der Waals surface area contributed by atoms with Crippen LogP contribution in [-0.4, -0.2) is 27.7 Å². The van der Waals surface area contributed by atoms with Gasteiger partial charge in [0.25, 0.3) is 5.91 Å². The van der Waals surface area contributed by atoms with Crippen molar-refractivity contribution in [2.75, 3.05) is 7.11 Å². The Bertz CT molecular complexity index is 822. The number of carbonyl (C=O) groups is 1. The van der Waals surface area contributed by atoms with Crippen molar-refractivity contribution in [3.63, 3.8) is 0 Å². The second kappa shape index (κ2) is 6.35. The Morgan fingerprint density at radius 1 is 1.39 bits per heavy atom. The lowest BCUT2D eigenvalue weighted by Gasteiger charge is -2.02. The molecule has 3 rings (SSSR count). The summed E-state index contributed by atoms with van der Waals surface area (Å²) in [5.74, 6) is 1.38. The Hall–Kier alpha value is -3.09. The number of aryl methyl sites for hydroxylation is 1. The number of hydrogen-bond acceptors (Lipinski definition) is 5. The molecule has 2 aromatic heterocycles. The quantitative estimate of drug-likeness (QED) is 0.779. The zero-order valence-electron chi connectivity index (χ0n) is 12.8. The normalized spacial score (nSPS) is 10.5. The van der Waals surface area contributed by atoms with Crippen LogP contribution in [0.15, 0.2) is 47.2 Å². The van der Waals surface area contributed by atoms with E-state index in [1.807, 2.05) is 24.3 Å². The summed E-state index contributed by atoms with van der Waals surface area (Å²) in [6, 6.07) is 9.31. The first kappa shape index (κ1) is 14.8. The number of carbonyl (C=O) groups excluding carboxylic acids is 1. The van der Waals surface area contributed by atoms with Crippen LogP contribution in [-0.2, 0) is 13.6 Å². The fourth-order valence-electron chi connectivity index (χ4n) is 2.15. The number of nitrogens with one attached hydrogen (secondary N) is 1. The maximum atomic E-state index is 12.0. The summed E-state index contributed by atoms with van der Waals surface area (Å²) in [7, 11) is 3.37. The minimum Gasteiger partial charge on any atom is -0.497 e. The third-order valence-corrected chi connectivity index (χ3v) is 3.37. The van der Waals surface area contributed by atoms with Gasteiger partial charge in [0.15, 0.2) is 11.6 Å². The van der Waals surface area contributed by atoms with Crippen molar-refractivity contribution >= 4 is 5.91 Å². The Morgan fingerprint density at radius 2 is 2.26 bits per heavy atom. The van der Waals surface area contributed by atoms with Crippen LogP contribution < -0.4 is 10.1 Å². The Morgan fingerprint density at radius 3 is 3.00 bits per heavy atom. The van der Waals surface area contributed by atoms with Crippen LogP contribution in [0.3, 0.4) is 0 Å². The third kappa shape index (κ3) is 3.23. The first-order chi connectivity index (χ1) is 11.2. The molecule has 7 heteroatoms. The highest BCUT2D eigenvalue weighted by atomic mass is 16.5. The van der Waals surface area contributed by atoms with Crippen LogP contribution >= 0.6 is 0 Å². The monoisotopic (exact) mass is 312 g/mol. The van der Waals surface area contributed by atoms with Gasteiger partial charge in [-0.3, -0.25) is 4.79 Å². The van der Waals surface area contributed by atoms with Crippen LogP contribution in [0.1, 0.15) is 16.4 Å². The molecule has 0 radical (unpaired) electrons. The van der Waals surface area contributed by atoms with Crippen molar-refractivity contribution in [3.05, 3.63) is 54.3 Å². The first-order valence-electron chi connectivity index (χ1n) is 7.03. The number of amides is 1. The molecule has 118 valence electrons. The predicted octanol–water partition coefficient (Wildman–Crippen LogP) is 2.01. The molecule has 0 bridgehead atoms. The lowest BCUT2D eigenvalue weighted by Crippen LogP contribution is -2.25. The second-order valence-electron chi connectivity index (χ2n) is 4.95. The van der Waals surface area contributed by atoms with Crippen molar-refractivity contribution < 1.29 is 14.1 Å². The molecule has 0 aliphatic rings. The Kier molecular flexibility index (Phi) is 4.09. The van der Waals surface area contributed by atoms with Gasteiger partial charge in [-0.1, -0.05) is 17.3 Å². The van der Waals surface area contributed by atoms with Gasteiger partial charge >= 0.3 is 0 Å². The van der Waals surface area contributed by atoms with Crippen molar-refractivity contribution in [1.29, 1.82) is 0 Å². The highest BCUT2D eigenvalue weighted by Crippen LogP contribution is 2.23. The molecule has 0 saturated heterocycles. The van der Waals surface area contributed by atoms with Crippen LogP contribution in [0.25, 0.3) is 11.3 Å². The largest absolute Gasteiger partial charge is 0.497 e. The highest BCUT2D eigenvalue weighted by molar-refractivity contribution is 5.90. The van der Waals surface area contributed by atoms with E-state index >= 15 is 0 Å². The van der Waals surface area contributed by atoms with Gasteiger partial charge in [-0.2, -0.15) is 0 Å². The van der Waals surface area contributed by atoms with E-state index in [0.29, 0.717) is 17.3 Å². The van der Waals surface area contributed by atoms with Gasteiger partial charge in [0, 0.05) is 31.1 Å². The maximum absolute atomic E-state index is 12.0. The predicted molar refractivity (Wildman–Crippen MR) is 82.9 cm³/mol. The van der Waals surface area contributed by atoms with Gasteiger partial charge in [-0.15, -0.1) is 0 Å². The van der Waals surface area contributed by atoms with E-state index in [2.05, 4.69) is 15.5 Å². The van der Waals surface area contributed by atoms with Crippen LogP contribution in [0.4, 0.5) is 0 Å². The number of ether oxygens (including phenoxy) is 1. The summed E-state index contributed by atoms with van der Waals surface area (Å²) in [4.78, 5) is 16.0. The fraction of sp³-hybridized carbons (Fsp3) is 0.188. The van der Waals surface area contributed by atoms with Gasteiger partial charge in [0.2, 0.25) is 0 Å². The highest BCUT2D eigenvalue weighted by Gasteiger charge is 2.12. The standard InChI is InChI=1S/C16H16N4O3/c1-20-7-6-17-15(20)16(21)18-10-13-9-14(19-23-13)11-4-3-5-12(8-11)22-2/h3-9H,10H2,1-2H3,(H,18,21). The lowest BCUT2D eigenvalue weighted by molar-refractivity contribution is 0.0933. The molecule has 0 aliphatic carbocycles. The SMILES string of the molecule is COc1cccc(-c2cc(CNC(=O)c3nccn3C)on2)c1. The van der Waals surface area contributed by atoms with E-state index in [1.165, 1.54) is 0 Å². The minimum absolute atomic E-state index is 0.239. The van der Waals surface area contributed by atoms with Crippen molar-refractivity contribution in [1.82, 2.24) is 20.0 Å². The molecule has 0 aliphatic heterocycles. The van der Waals surface area contributed by atoms with Gasteiger partial charge in [0.05, 0.1) is 13.7 Å². The number of nitrogens with zero attached hydrogens (tertiary/aromatic N) is 3. The topological polar surface area (TPSA) is 82.2 Å². The van der Waals surface area contributed by atoms with Crippen LogP contribution in [0.2, 0.25) is 0 Å². The summed E-state index contributed by atoms with van der Waals surface area (Å²) in [6.45, 7) is 0.239. The summed E-state index contributed by atoms with van der Waals surface area (Å²) >= 11 is 0. The summed E-state index contributed by atoms with van der Waals surface area (Å²) < 4.78 is 12.1. The number of rotatable bonds is 5. The third-order valence-electron chi connectivity index (χ3n) is 3.37. The lowest BCUT2D eigenvalue weighted by atomic mass is 10.1. The maximum Gasteiger partial charge on any atom is 0.287 e. The van der Waals surface area contributed by atoms with Crippen molar-refractivity contribution in [2.24, 2.45) is 7.05 Å². The van der Waals surface area contributed by atoms with Crippen LogP contribution in [0, 0.1) is 0 Å². The molecular formula is C16H16N4O3. The number of hydrogen-bond donors (Lipinski definition) is 1. The average Bonchev–Trinajstić information content (AvgIpc) is 3.21. The molecule has 3 aromatic rings. The number of aromatic nitrogens is 3. The average molecular weight is 312 g/mol. The summed E-state index contributed by atoms with van der Waals surface area (Å²) in [6.07, 6.45) is 3.29. The van der Waals surface area contributed by atoms with E-state index in [4.69, 9.17) is 9.26 Å². The molecule has 23 heavy (non-hydrogen) atoms. The van der Waals surface area contributed by atoms with Gasteiger partial charge in [-0.05, 0) is 12.1 Å². The zero-order valence-corrected chi connectivity index (χ0v) is 12.8. The summed E-state index contributed by atoms with van der Waals surface area (Å²) in [5.41, 5.74) is 1.57. The summed E-state index contributed by atoms with van der Waals surface area (Å²) in [5, 5.41) is 6.77. The Balaban J connectivity index is 1.68. The molecule has 1 N–H and O–H groups in total. The molecule has 0 atom stereocenters. The van der Waals surface area contributed by atoms with Gasteiger partial charge < -0.3 is 19.1 Å². The van der Waals surface area contributed by atoms with Crippen molar-refractivity contribution in [2.45, 2.75) is 6.54 Å². The molecule has 1 aromatic carbocycles. The van der Waals surface area contributed by atoms with E-state index < -0.39 is 0 Å². The van der Waals surface area contributed by atoms with Crippen LogP contribution in [0.5, 0.6) is 5.75 Å². The molecule has 7 nitrogen and oxygen atoms in total. The van der Waals surface area contributed by atoms with E-state index in [-0.39, 0.29) is 12.5 Å². The molecule has 0 spiro atoms. The van der Waals surface area contributed by atoms with E-state index in [9.17, 15) is 4.79 Å². The van der Waals surface area contributed by atoms with Crippen molar-refractivity contribution in [3.8, 4) is 17.0 Å². The number of benzene rings is 1. The molecular weight excluding hydrogens is 296 g/mol. The Labute approximate surface area is 132 Å². The van der Waals surface area contributed by atoms with Gasteiger partial charge in [0.1, 0.15) is 11.4 Å². The molecule has 1 amide bonds. The molecule has 0 unspecified atom stereocenters. The second-order valence-corrected chi connectivity index (χ2v) is 4.95. The molecule has 0 fully saturated rings. The fourth-order valence-corrected chi connectivity index (χ4v) is 2.15. The molecule has 2 heterocycles. The number of methoxy groups -OCH3 is 1. The van der Waals surface area contributed by atoms with E-state index in [0.717, 1.165) is 11.3 Å². The first-order valence-corrected chi connectivity index (χ1v) is 7.03. The smallest absolute Gasteiger partial charge is 0.287 e.